The van der Waals surface area contributed by atoms with Gasteiger partial charge in [-0.1, -0.05) is 0 Å². The van der Waals surface area contributed by atoms with Crippen LogP contribution in [0.5, 0.6) is 0 Å². The molecule has 1 saturated carbocycles. The standard InChI is InChI=1S/C12H18N4O2/c1-4-18-11(17)7-16(10-5-6-10)12-13-8(2)9(3)14-15-12/h10H,4-7H2,1-3H3. The number of anilines is 1. The molecule has 0 spiro atoms. The van der Waals surface area contributed by atoms with Crippen LogP contribution in [-0.4, -0.2) is 40.3 Å². The lowest BCUT2D eigenvalue weighted by Crippen LogP contribution is -2.34. The molecule has 0 atom stereocenters. The molecule has 18 heavy (non-hydrogen) atoms. The molecular formula is C12H18N4O2. The summed E-state index contributed by atoms with van der Waals surface area (Å²) in [5.41, 5.74) is 1.65. The number of esters is 1. The maximum absolute atomic E-state index is 11.6. The zero-order valence-corrected chi connectivity index (χ0v) is 11.0. The summed E-state index contributed by atoms with van der Waals surface area (Å²) in [6, 6.07) is 0.346. The summed E-state index contributed by atoms with van der Waals surface area (Å²) < 4.78 is 4.97. The van der Waals surface area contributed by atoms with Gasteiger partial charge in [-0.3, -0.25) is 4.79 Å². The third-order valence-corrected chi connectivity index (χ3v) is 2.93. The van der Waals surface area contributed by atoms with Crippen molar-refractivity contribution < 1.29 is 9.53 Å². The normalized spacial score (nSPS) is 14.4. The fourth-order valence-electron chi connectivity index (χ4n) is 1.66. The second-order valence-corrected chi connectivity index (χ2v) is 4.45. The summed E-state index contributed by atoms with van der Waals surface area (Å²) in [5.74, 6) is 0.278. The van der Waals surface area contributed by atoms with E-state index >= 15 is 0 Å². The first kappa shape index (κ1) is 12.7. The summed E-state index contributed by atoms with van der Waals surface area (Å²) in [5, 5.41) is 8.13. The highest BCUT2D eigenvalue weighted by Crippen LogP contribution is 2.29. The molecule has 0 amide bonds. The lowest BCUT2D eigenvalue weighted by Gasteiger charge is -2.20. The highest BCUT2D eigenvalue weighted by molar-refractivity contribution is 5.75. The van der Waals surface area contributed by atoms with Gasteiger partial charge in [0.25, 0.3) is 0 Å². The zero-order chi connectivity index (χ0) is 13.1. The van der Waals surface area contributed by atoms with Crippen molar-refractivity contribution in [3.63, 3.8) is 0 Å². The maximum atomic E-state index is 11.6. The van der Waals surface area contributed by atoms with Crippen molar-refractivity contribution in [2.75, 3.05) is 18.1 Å². The van der Waals surface area contributed by atoms with Gasteiger partial charge in [-0.2, -0.15) is 5.10 Å². The van der Waals surface area contributed by atoms with Gasteiger partial charge in [-0.25, -0.2) is 4.98 Å². The van der Waals surface area contributed by atoms with Crippen LogP contribution < -0.4 is 4.90 Å². The van der Waals surface area contributed by atoms with E-state index in [4.69, 9.17) is 4.74 Å². The molecule has 2 rings (SSSR count). The smallest absolute Gasteiger partial charge is 0.325 e. The van der Waals surface area contributed by atoms with E-state index in [0.717, 1.165) is 24.2 Å². The van der Waals surface area contributed by atoms with Gasteiger partial charge >= 0.3 is 5.97 Å². The van der Waals surface area contributed by atoms with Crippen LogP contribution in [0.4, 0.5) is 5.95 Å². The Bertz CT molecular complexity index is 446. The number of hydrogen-bond donors (Lipinski definition) is 0. The Morgan fingerprint density at radius 3 is 2.61 bits per heavy atom. The number of hydrogen-bond acceptors (Lipinski definition) is 6. The molecule has 0 radical (unpaired) electrons. The van der Waals surface area contributed by atoms with Crippen molar-refractivity contribution in [3.05, 3.63) is 11.4 Å². The molecule has 1 aliphatic rings. The molecule has 1 heterocycles. The molecule has 1 aliphatic carbocycles. The van der Waals surface area contributed by atoms with Crippen LogP contribution in [0.2, 0.25) is 0 Å². The third kappa shape index (κ3) is 2.94. The summed E-state index contributed by atoms with van der Waals surface area (Å²) in [6.07, 6.45) is 2.13. The predicted octanol–water partition coefficient (Wildman–Crippen LogP) is 1.02. The molecule has 0 unspecified atom stereocenters. The van der Waals surface area contributed by atoms with E-state index in [1.54, 1.807) is 6.92 Å². The fourth-order valence-corrected chi connectivity index (χ4v) is 1.66. The van der Waals surface area contributed by atoms with Crippen molar-refractivity contribution in [2.24, 2.45) is 0 Å². The minimum Gasteiger partial charge on any atom is -0.465 e. The largest absolute Gasteiger partial charge is 0.465 e. The van der Waals surface area contributed by atoms with E-state index in [1.165, 1.54) is 0 Å². The van der Waals surface area contributed by atoms with Crippen LogP contribution in [0.3, 0.4) is 0 Å². The van der Waals surface area contributed by atoms with Crippen LogP contribution in [0.15, 0.2) is 0 Å². The number of rotatable bonds is 5. The van der Waals surface area contributed by atoms with E-state index in [0.29, 0.717) is 18.6 Å². The molecule has 1 aromatic rings. The Kier molecular flexibility index (Phi) is 3.74. The molecule has 6 nitrogen and oxygen atoms in total. The predicted molar refractivity (Wildman–Crippen MR) is 66.3 cm³/mol. The second kappa shape index (κ2) is 5.29. The first-order valence-corrected chi connectivity index (χ1v) is 6.22. The SMILES string of the molecule is CCOC(=O)CN(c1nnc(C)c(C)n1)C1CC1. The zero-order valence-electron chi connectivity index (χ0n) is 11.0. The molecule has 1 fully saturated rings. The van der Waals surface area contributed by atoms with E-state index < -0.39 is 0 Å². The molecular weight excluding hydrogens is 232 g/mol. The van der Waals surface area contributed by atoms with E-state index in [9.17, 15) is 4.79 Å². The number of aromatic nitrogens is 3. The van der Waals surface area contributed by atoms with Crippen molar-refractivity contribution in [1.29, 1.82) is 0 Å². The fraction of sp³-hybridized carbons (Fsp3) is 0.667. The Labute approximate surface area is 106 Å². The van der Waals surface area contributed by atoms with Gasteiger partial charge < -0.3 is 9.64 Å². The van der Waals surface area contributed by atoms with Crippen LogP contribution in [0.1, 0.15) is 31.2 Å². The van der Waals surface area contributed by atoms with Gasteiger partial charge in [-0.05, 0) is 33.6 Å². The van der Waals surface area contributed by atoms with Crippen molar-refractivity contribution in [3.8, 4) is 0 Å². The molecule has 1 aromatic heterocycles. The second-order valence-electron chi connectivity index (χ2n) is 4.45. The number of aryl methyl sites for hydroxylation is 2. The Balaban J connectivity index is 2.14. The molecule has 0 N–H and O–H groups in total. The first-order valence-electron chi connectivity index (χ1n) is 6.22. The highest BCUT2D eigenvalue weighted by Gasteiger charge is 2.33. The molecule has 0 bridgehead atoms. The summed E-state index contributed by atoms with van der Waals surface area (Å²) >= 11 is 0. The molecule has 0 saturated heterocycles. The molecule has 98 valence electrons. The minimum absolute atomic E-state index is 0.197. The summed E-state index contributed by atoms with van der Waals surface area (Å²) in [4.78, 5) is 17.8. The quantitative estimate of drug-likeness (QED) is 0.727. The Hall–Kier alpha value is -1.72. The Morgan fingerprint density at radius 1 is 1.33 bits per heavy atom. The molecule has 6 heteroatoms. The number of carbonyl (C=O) groups excluding carboxylic acids is 1. The van der Waals surface area contributed by atoms with Gasteiger partial charge in [0.15, 0.2) is 0 Å². The summed E-state index contributed by atoms with van der Waals surface area (Å²) in [6.45, 7) is 6.15. The van der Waals surface area contributed by atoms with Gasteiger partial charge in [-0.15, -0.1) is 5.10 Å². The maximum Gasteiger partial charge on any atom is 0.325 e. The molecule has 0 aromatic carbocycles. The van der Waals surface area contributed by atoms with E-state index in [1.807, 2.05) is 18.7 Å². The number of ether oxygens (including phenoxy) is 1. The van der Waals surface area contributed by atoms with Crippen LogP contribution in [-0.2, 0) is 9.53 Å². The monoisotopic (exact) mass is 250 g/mol. The number of nitrogens with zero attached hydrogens (tertiary/aromatic N) is 4. The van der Waals surface area contributed by atoms with Crippen LogP contribution in [0.25, 0.3) is 0 Å². The van der Waals surface area contributed by atoms with Crippen LogP contribution >= 0.6 is 0 Å². The number of carbonyl (C=O) groups is 1. The molecule has 0 aliphatic heterocycles. The van der Waals surface area contributed by atoms with E-state index in [2.05, 4.69) is 15.2 Å². The van der Waals surface area contributed by atoms with Gasteiger partial charge in [0.2, 0.25) is 5.95 Å². The van der Waals surface area contributed by atoms with Crippen molar-refractivity contribution >= 4 is 11.9 Å². The Morgan fingerprint density at radius 2 is 2.06 bits per heavy atom. The average molecular weight is 250 g/mol. The van der Waals surface area contributed by atoms with E-state index in [-0.39, 0.29) is 12.5 Å². The van der Waals surface area contributed by atoms with Gasteiger partial charge in [0.1, 0.15) is 6.54 Å². The topological polar surface area (TPSA) is 68.2 Å². The van der Waals surface area contributed by atoms with Crippen molar-refractivity contribution in [1.82, 2.24) is 15.2 Å². The van der Waals surface area contributed by atoms with Crippen molar-refractivity contribution in [2.45, 2.75) is 39.7 Å². The minimum atomic E-state index is -0.244. The first-order chi connectivity index (χ1) is 8.61. The summed E-state index contributed by atoms with van der Waals surface area (Å²) in [7, 11) is 0. The average Bonchev–Trinajstić information content (AvgIpc) is 3.14. The van der Waals surface area contributed by atoms with Gasteiger partial charge in [0, 0.05) is 6.04 Å². The lowest BCUT2D eigenvalue weighted by molar-refractivity contribution is -0.141. The van der Waals surface area contributed by atoms with Gasteiger partial charge in [0.05, 0.1) is 18.0 Å². The third-order valence-electron chi connectivity index (χ3n) is 2.93. The van der Waals surface area contributed by atoms with Crippen LogP contribution in [0, 0.1) is 13.8 Å². The highest BCUT2D eigenvalue weighted by atomic mass is 16.5. The lowest BCUT2D eigenvalue weighted by atomic mass is 10.4.